The van der Waals surface area contributed by atoms with Gasteiger partial charge in [0.2, 0.25) is 0 Å². The van der Waals surface area contributed by atoms with E-state index in [4.69, 9.17) is 9.47 Å². The fraction of sp³-hybridized carbons (Fsp3) is 0.833. The van der Waals surface area contributed by atoms with Crippen molar-refractivity contribution < 1.29 is 24.2 Å². The van der Waals surface area contributed by atoms with Crippen LogP contribution in [0.15, 0.2) is 0 Å². The molecule has 106 valence electrons. The van der Waals surface area contributed by atoms with Crippen molar-refractivity contribution in [1.29, 1.82) is 0 Å². The number of carbonyl (C=O) groups is 2. The molecule has 0 saturated carbocycles. The maximum Gasteiger partial charge on any atom is 0.336 e. The van der Waals surface area contributed by atoms with Crippen molar-refractivity contribution in [2.75, 3.05) is 0 Å². The van der Waals surface area contributed by atoms with E-state index in [-0.39, 0.29) is 12.1 Å². The summed E-state index contributed by atoms with van der Waals surface area (Å²) in [5.41, 5.74) is -0.738. The Kier molecular flexibility index (Phi) is 7.16. The molecule has 0 saturated heterocycles. The lowest BCUT2D eigenvalue weighted by atomic mass is 10.2. The predicted octanol–water partition coefficient (Wildman–Crippen LogP) is 0.114. The summed E-state index contributed by atoms with van der Waals surface area (Å²) in [7, 11) is 0.746. The van der Waals surface area contributed by atoms with E-state index in [1.807, 2.05) is 6.92 Å². The molecule has 18 heavy (non-hydrogen) atoms. The average molecular weight is 276 g/mol. The van der Waals surface area contributed by atoms with Crippen LogP contribution in [-0.2, 0) is 19.1 Å². The second-order valence-corrected chi connectivity index (χ2v) is 6.63. The van der Waals surface area contributed by atoms with Gasteiger partial charge in [-0.1, -0.05) is 13.3 Å². The number of ether oxygens (including phenoxy) is 2. The summed E-state index contributed by atoms with van der Waals surface area (Å²) in [6, 6.07) is 0. The highest BCUT2D eigenvalue weighted by atomic mass is 28.1. The highest BCUT2D eigenvalue weighted by Crippen LogP contribution is 2.10. The van der Waals surface area contributed by atoms with Crippen molar-refractivity contribution in [2.24, 2.45) is 0 Å². The number of aliphatic hydroxyl groups is 1. The minimum atomic E-state index is -1.45. The molecule has 0 aliphatic carbocycles. The third-order valence-corrected chi connectivity index (χ3v) is 2.88. The standard InChI is InChI=1S/C12H24O5Si/c1-5-6-10(18)16-9(14)7-8(13)11(15)17-12(2,3)4/h8,10,13H,5-7H2,1-4,18H3. The Morgan fingerprint density at radius 2 is 1.89 bits per heavy atom. The van der Waals surface area contributed by atoms with E-state index in [1.54, 1.807) is 20.8 Å². The number of rotatable bonds is 6. The molecule has 0 fully saturated rings. The van der Waals surface area contributed by atoms with Crippen LogP contribution in [0.1, 0.15) is 47.0 Å². The zero-order valence-corrected chi connectivity index (χ0v) is 13.9. The maximum atomic E-state index is 11.4. The van der Waals surface area contributed by atoms with E-state index in [9.17, 15) is 14.7 Å². The molecular weight excluding hydrogens is 252 g/mol. The molecule has 0 aromatic rings. The SMILES string of the molecule is CCCC([SiH3])OC(=O)CC(O)C(=O)OC(C)(C)C. The molecule has 0 amide bonds. The first kappa shape index (κ1) is 17.1. The molecule has 0 aromatic heterocycles. The zero-order chi connectivity index (χ0) is 14.3. The van der Waals surface area contributed by atoms with Crippen LogP contribution < -0.4 is 0 Å². The van der Waals surface area contributed by atoms with E-state index < -0.39 is 23.6 Å². The molecule has 2 atom stereocenters. The fourth-order valence-corrected chi connectivity index (χ4v) is 2.19. The Hall–Kier alpha value is -0.883. The van der Waals surface area contributed by atoms with E-state index >= 15 is 0 Å². The van der Waals surface area contributed by atoms with E-state index in [0.29, 0.717) is 0 Å². The van der Waals surface area contributed by atoms with Gasteiger partial charge in [0, 0.05) is 0 Å². The van der Waals surface area contributed by atoms with Gasteiger partial charge in [0.1, 0.15) is 5.60 Å². The number of hydrogen-bond acceptors (Lipinski definition) is 5. The smallest absolute Gasteiger partial charge is 0.336 e. The fourth-order valence-electron chi connectivity index (χ4n) is 1.35. The minimum Gasteiger partial charge on any atom is -0.467 e. The van der Waals surface area contributed by atoms with Crippen molar-refractivity contribution in [3.8, 4) is 0 Å². The Balaban J connectivity index is 4.11. The molecule has 0 rings (SSSR count). The van der Waals surface area contributed by atoms with E-state index in [0.717, 1.165) is 23.1 Å². The molecule has 0 heterocycles. The van der Waals surface area contributed by atoms with Crippen LogP contribution in [0.5, 0.6) is 0 Å². The Bertz CT molecular complexity index is 285. The Morgan fingerprint density at radius 3 is 2.33 bits per heavy atom. The van der Waals surface area contributed by atoms with Gasteiger partial charge in [-0.3, -0.25) is 4.79 Å². The molecule has 0 aliphatic rings. The largest absolute Gasteiger partial charge is 0.467 e. The molecule has 0 radical (unpaired) electrons. The first-order valence-corrected chi connectivity index (χ1v) is 7.41. The molecule has 2 unspecified atom stereocenters. The lowest BCUT2D eigenvalue weighted by molar-refractivity contribution is -0.169. The van der Waals surface area contributed by atoms with Crippen LogP contribution in [0.3, 0.4) is 0 Å². The maximum absolute atomic E-state index is 11.4. The average Bonchev–Trinajstić information content (AvgIpc) is 2.14. The third-order valence-electron chi connectivity index (χ3n) is 2.07. The van der Waals surface area contributed by atoms with Crippen LogP contribution in [-0.4, -0.2) is 44.7 Å². The number of aliphatic hydroxyl groups excluding tert-OH is 1. The predicted molar refractivity (Wildman–Crippen MR) is 71.2 cm³/mol. The monoisotopic (exact) mass is 276 g/mol. The summed E-state index contributed by atoms with van der Waals surface area (Å²) in [5.74, 6) is -1.35. The molecule has 0 spiro atoms. The van der Waals surface area contributed by atoms with Crippen molar-refractivity contribution in [3.05, 3.63) is 0 Å². The molecule has 0 aromatic carbocycles. The molecular formula is C12H24O5Si. The number of esters is 2. The van der Waals surface area contributed by atoms with Gasteiger partial charge in [0.05, 0.1) is 22.4 Å². The van der Waals surface area contributed by atoms with Gasteiger partial charge in [0.25, 0.3) is 0 Å². The lowest BCUT2D eigenvalue weighted by Gasteiger charge is -2.21. The van der Waals surface area contributed by atoms with Gasteiger partial charge < -0.3 is 14.6 Å². The van der Waals surface area contributed by atoms with Crippen molar-refractivity contribution in [2.45, 2.75) is 64.4 Å². The molecule has 6 heteroatoms. The Morgan fingerprint density at radius 1 is 1.33 bits per heavy atom. The van der Waals surface area contributed by atoms with Gasteiger partial charge in [-0.25, -0.2) is 4.79 Å². The quantitative estimate of drug-likeness (QED) is 0.551. The summed E-state index contributed by atoms with van der Waals surface area (Å²) in [6.07, 6.45) is -0.0410. The second kappa shape index (κ2) is 7.53. The molecule has 5 nitrogen and oxygen atoms in total. The molecule has 0 bridgehead atoms. The lowest BCUT2D eigenvalue weighted by Crippen LogP contribution is -2.34. The van der Waals surface area contributed by atoms with Crippen LogP contribution in [0.4, 0.5) is 0 Å². The van der Waals surface area contributed by atoms with Gasteiger partial charge in [0.15, 0.2) is 6.10 Å². The number of hydrogen-bond donors (Lipinski definition) is 1. The highest BCUT2D eigenvalue weighted by Gasteiger charge is 2.26. The first-order chi connectivity index (χ1) is 8.15. The van der Waals surface area contributed by atoms with Crippen molar-refractivity contribution in [1.82, 2.24) is 0 Å². The summed E-state index contributed by atoms with van der Waals surface area (Å²) in [6.45, 7) is 7.11. The summed E-state index contributed by atoms with van der Waals surface area (Å²) >= 11 is 0. The summed E-state index contributed by atoms with van der Waals surface area (Å²) < 4.78 is 10.1. The number of carbonyl (C=O) groups excluding carboxylic acids is 2. The Labute approximate surface area is 111 Å². The topological polar surface area (TPSA) is 72.8 Å². The zero-order valence-electron chi connectivity index (χ0n) is 11.9. The molecule has 0 aliphatic heterocycles. The highest BCUT2D eigenvalue weighted by molar-refractivity contribution is 6.11. The third kappa shape index (κ3) is 8.24. The van der Waals surface area contributed by atoms with Crippen molar-refractivity contribution in [3.63, 3.8) is 0 Å². The van der Waals surface area contributed by atoms with Crippen LogP contribution in [0.2, 0.25) is 0 Å². The van der Waals surface area contributed by atoms with Crippen LogP contribution in [0, 0.1) is 0 Å². The van der Waals surface area contributed by atoms with Gasteiger partial charge >= 0.3 is 11.9 Å². The van der Waals surface area contributed by atoms with Crippen LogP contribution in [0.25, 0.3) is 0 Å². The van der Waals surface area contributed by atoms with Gasteiger partial charge in [-0.05, 0) is 27.2 Å². The minimum absolute atomic E-state index is 0.0617. The van der Waals surface area contributed by atoms with Crippen molar-refractivity contribution >= 4 is 22.2 Å². The van der Waals surface area contributed by atoms with Crippen LogP contribution >= 0.6 is 0 Å². The van der Waals surface area contributed by atoms with Gasteiger partial charge in [-0.15, -0.1) is 0 Å². The first-order valence-electron chi connectivity index (χ1n) is 6.26. The summed E-state index contributed by atoms with van der Waals surface area (Å²) in [5, 5.41) is 9.53. The van der Waals surface area contributed by atoms with E-state index in [1.165, 1.54) is 0 Å². The second-order valence-electron chi connectivity index (χ2n) is 5.34. The van der Waals surface area contributed by atoms with Gasteiger partial charge in [-0.2, -0.15) is 0 Å². The molecule has 1 N–H and O–H groups in total. The summed E-state index contributed by atoms with van der Waals surface area (Å²) in [4.78, 5) is 22.9. The van der Waals surface area contributed by atoms with E-state index in [2.05, 4.69) is 0 Å². The normalized spacial score (nSPS) is 14.9.